The first-order valence-electron chi connectivity index (χ1n) is 9.94. The molecule has 0 bridgehead atoms. The van der Waals surface area contributed by atoms with Gasteiger partial charge in [-0.3, -0.25) is 4.79 Å². The molecule has 8 N–H and O–H groups in total. The molecule has 2 aliphatic rings. The van der Waals surface area contributed by atoms with Crippen molar-refractivity contribution in [2.75, 3.05) is 6.61 Å². The predicted octanol–water partition coefficient (Wildman–Crippen LogP) is -0.524. The van der Waals surface area contributed by atoms with Gasteiger partial charge in [-0.15, -0.1) is 0 Å². The van der Waals surface area contributed by atoms with Crippen LogP contribution in [0.2, 0.25) is 0 Å². The zero-order valence-electron chi connectivity index (χ0n) is 17.0. The van der Waals surface area contributed by atoms with E-state index in [1.807, 2.05) is 0 Å². The molecular weight excluding hydrogens is 440 g/mol. The van der Waals surface area contributed by atoms with E-state index in [4.69, 9.17) is 9.47 Å². The molecule has 176 valence electrons. The number of phenolic OH excluding ortho intramolecular Hbond substituents is 4. The summed E-state index contributed by atoms with van der Waals surface area (Å²) in [6, 6.07) is 5.99. The molecule has 0 aromatic heterocycles. The predicted molar refractivity (Wildman–Crippen MR) is 109 cm³/mol. The van der Waals surface area contributed by atoms with E-state index in [0.717, 1.165) is 6.07 Å². The Bertz CT molecular complexity index is 1120. The van der Waals surface area contributed by atoms with Gasteiger partial charge >= 0.3 is 0 Å². The van der Waals surface area contributed by atoms with Crippen molar-refractivity contribution in [2.45, 2.75) is 37.1 Å². The molecule has 0 spiro atoms. The summed E-state index contributed by atoms with van der Waals surface area (Å²) in [4.78, 5) is 13.3. The summed E-state index contributed by atoms with van der Waals surface area (Å²) in [7, 11) is 0. The summed E-state index contributed by atoms with van der Waals surface area (Å²) in [6.45, 7) is -0.709. The number of aliphatic hydroxyl groups excluding tert-OH is 4. The number of hydrogen-bond donors (Lipinski definition) is 8. The quantitative estimate of drug-likeness (QED) is 0.272. The number of ether oxygens (including phenoxy) is 2. The molecule has 5 atom stereocenters. The molecule has 0 saturated carbocycles. The molecule has 1 saturated heterocycles. The van der Waals surface area contributed by atoms with Gasteiger partial charge in [0, 0.05) is 18.1 Å². The summed E-state index contributed by atoms with van der Waals surface area (Å²) in [5.41, 5.74) is 0.483. The number of phenols is 4. The molecule has 1 aliphatic carbocycles. The van der Waals surface area contributed by atoms with E-state index < -0.39 is 66.1 Å². The van der Waals surface area contributed by atoms with Crippen molar-refractivity contribution in [3.63, 3.8) is 0 Å². The minimum atomic E-state index is -1.80. The van der Waals surface area contributed by atoms with Gasteiger partial charge in [0.15, 0.2) is 17.3 Å². The molecule has 2 aromatic carbocycles. The maximum Gasteiger partial charge on any atom is 0.232 e. The summed E-state index contributed by atoms with van der Waals surface area (Å²) in [5, 5.41) is 79.4. The van der Waals surface area contributed by atoms with Gasteiger partial charge < -0.3 is 50.3 Å². The van der Waals surface area contributed by atoms with Crippen LogP contribution >= 0.6 is 0 Å². The van der Waals surface area contributed by atoms with Gasteiger partial charge in [0.2, 0.25) is 12.1 Å². The highest BCUT2D eigenvalue weighted by Gasteiger charge is 2.46. The van der Waals surface area contributed by atoms with Gasteiger partial charge in [0.05, 0.1) is 12.2 Å². The lowest BCUT2D eigenvalue weighted by Crippen LogP contribution is -2.59. The molecule has 4 rings (SSSR count). The van der Waals surface area contributed by atoms with Gasteiger partial charge in [0.25, 0.3) is 0 Å². The smallest absolute Gasteiger partial charge is 0.232 e. The number of benzene rings is 2. The average molecular weight is 462 g/mol. The van der Waals surface area contributed by atoms with Crippen molar-refractivity contribution in [3.05, 3.63) is 52.8 Å². The van der Waals surface area contributed by atoms with E-state index in [1.54, 1.807) is 0 Å². The zero-order chi connectivity index (χ0) is 24.0. The van der Waals surface area contributed by atoms with Crippen LogP contribution < -0.4 is 0 Å². The number of rotatable bonds is 4. The maximum atomic E-state index is 13.3. The lowest BCUT2D eigenvalue weighted by molar-refractivity contribution is -0.290. The largest absolute Gasteiger partial charge is 0.508 e. The molecule has 2 aromatic rings. The second-order valence-corrected chi connectivity index (χ2v) is 7.83. The van der Waals surface area contributed by atoms with E-state index >= 15 is 0 Å². The van der Waals surface area contributed by atoms with Gasteiger partial charge in [-0.2, -0.15) is 0 Å². The molecule has 1 heterocycles. The molecule has 11 nitrogen and oxygen atoms in total. The Hall–Kier alpha value is -3.35. The number of carbonyl (C=O) groups is 1. The van der Waals surface area contributed by atoms with E-state index in [-0.39, 0.29) is 34.4 Å². The Kier molecular flexibility index (Phi) is 5.91. The Morgan fingerprint density at radius 2 is 1.64 bits per heavy atom. The van der Waals surface area contributed by atoms with Crippen LogP contribution in [0.5, 0.6) is 23.0 Å². The maximum absolute atomic E-state index is 13.3. The first-order valence-corrected chi connectivity index (χ1v) is 9.94. The van der Waals surface area contributed by atoms with Crippen LogP contribution in [0.4, 0.5) is 0 Å². The molecule has 5 unspecified atom stereocenters. The van der Waals surface area contributed by atoms with E-state index in [9.17, 15) is 45.6 Å². The number of aliphatic hydroxyl groups is 4. The molecule has 0 amide bonds. The zero-order valence-corrected chi connectivity index (χ0v) is 17.0. The summed E-state index contributed by atoms with van der Waals surface area (Å²) in [5.74, 6) is -2.94. The summed E-state index contributed by atoms with van der Waals surface area (Å²) >= 11 is 0. The number of carbonyl (C=O) groups excluding carboxylic acids is 1. The molecular formula is C22H22O11. The third kappa shape index (κ3) is 3.96. The van der Waals surface area contributed by atoms with Gasteiger partial charge in [-0.25, -0.2) is 0 Å². The minimum Gasteiger partial charge on any atom is -0.508 e. The minimum absolute atomic E-state index is 0.0694. The fourth-order valence-corrected chi connectivity index (χ4v) is 3.94. The van der Waals surface area contributed by atoms with E-state index in [1.165, 1.54) is 24.3 Å². The van der Waals surface area contributed by atoms with Crippen LogP contribution in [0.1, 0.15) is 21.5 Å². The monoisotopic (exact) mass is 462 g/mol. The number of ketones is 1. The third-order valence-corrected chi connectivity index (χ3v) is 5.66. The Morgan fingerprint density at radius 1 is 0.909 bits per heavy atom. The van der Waals surface area contributed by atoms with Crippen molar-refractivity contribution in [1.82, 2.24) is 0 Å². The number of allylic oxidation sites excluding steroid dienone is 2. The molecule has 1 fully saturated rings. The Labute approximate surface area is 186 Å². The average Bonchev–Trinajstić information content (AvgIpc) is 2.76. The normalized spacial score (nSPS) is 27.4. The lowest BCUT2D eigenvalue weighted by atomic mass is 9.85. The van der Waals surface area contributed by atoms with E-state index in [0.29, 0.717) is 0 Å². The van der Waals surface area contributed by atoms with E-state index in [2.05, 4.69) is 0 Å². The van der Waals surface area contributed by atoms with Crippen molar-refractivity contribution < 1.29 is 55.1 Å². The van der Waals surface area contributed by atoms with Crippen LogP contribution in [0, 0.1) is 0 Å². The number of fused-ring (bicyclic) bond motifs is 1. The summed E-state index contributed by atoms with van der Waals surface area (Å²) < 4.78 is 11.0. The number of hydrogen-bond acceptors (Lipinski definition) is 11. The first-order chi connectivity index (χ1) is 15.6. The van der Waals surface area contributed by atoms with Gasteiger partial charge in [0.1, 0.15) is 35.9 Å². The van der Waals surface area contributed by atoms with Crippen LogP contribution in [-0.2, 0) is 15.9 Å². The van der Waals surface area contributed by atoms with Crippen molar-refractivity contribution >= 4 is 11.4 Å². The number of aromatic hydroxyl groups is 4. The second-order valence-electron chi connectivity index (χ2n) is 7.83. The third-order valence-electron chi connectivity index (χ3n) is 5.66. The molecule has 1 aliphatic heterocycles. The highest BCUT2D eigenvalue weighted by atomic mass is 16.7. The fourth-order valence-electron chi connectivity index (χ4n) is 3.94. The Balaban J connectivity index is 1.82. The Morgan fingerprint density at radius 3 is 2.30 bits per heavy atom. The standard InChI is InChI=1S/C22H22O11/c23-7-15-17(28)19(30)20(31)22(32-15)33-21-11(8-1-2-12(25)13(26)5-8)4-9-3-10(24)6-14(27)16(9)18(21)29/h1-3,5-6,15,17,19-20,22-28,30-31H,4,7H2. The van der Waals surface area contributed by atoms with Gasteiger partial charge in [-0.05, 0) is 29.3 Å². The first kappa shape index (κ1) is 22.8. The summed E-state index contributed by atoms with van der Waals surface area (Å²) in [6.07, 6.45) is -8.22. The molecule has 0 radical (unpaired) electrons. The lowest BCUT2D eigenvalue weighted by Gasteiger charge is -2.40. The van der Waals surface area contributed by atoms with Crippen molar-refractivity contribution in [2.24, 2.45) is 0 Å². The number of Topliss-reactive ketones (excluding diaryl/α,β-unsaturated/α-hetero) is 1. The van der Waals surface area contributed by atoms with Crippen molar-refractivity contribution in [3.8, 4) is 23.0 Å². The van der Waals surface area contributed by atoms with Crippen LogP contribution in [0.15, 0.2) is 36.1 Å². The van der Waals surface area contributed by atoms with Crippen LogP contribution in [0.25, 0.3) is 5.57 Å². The van der Waals surface area contributed by atoms with Crippen LogP contribution in [0.3, 0.4) is 0 Å². The highest BCUT2D eigenvalue weighted by molar-refractivity contribution is 6.16. The molecule has 33 heavy (non-hydrogen) atoms. The second kappa shape index (κ2) is 8.54. The fraction of sp³-hybridized carbons (Fsp3) is 0.318. The van der Waals surface area contributed by atoms with Crippen molar-refractivity contribution in [1.29, 1.82) is 0 Å². The van der Waals surface area contributed by atoms with Gasteiger partial charge in [-0.1, -0.05) is 6.07 Å². The highest BCUT2D eigenvalue weighted by Crippen LogP contribution is 2.41. The van der Waals surface area contributed by atoms with Crippen LogP contribution in [-0.4, -0.2) is 83.9 Å². The topological polar surface area (TPSA) is 197 Å². The SMILES string of the molecule is O=C1C(OC2OC(CO)C(O)C(O)C2O)=C(c2ccc(O)c(O)c2)Cc2cc(O)cc(O)c21. The molecule has 11 heteroatoms.